The van der Waals surface area contributed by atoms with Gasteiger partial charge >= 0.3 is 5.97 Å². The number of nitrogens with zero attached hydrogens (tertiary/aromatic N) is 2. The Bertz CT molecular complexity index is 685. The fraction of sp³-hybridized carbons (Fsp3) is 0.286. The van der Waals surface area contributed by atoms with Crippen molar-refractivity contribution in [1.82, 2.24) is 9.78 Å². The van der Waals surface area contributed by atoms with E-state index in [0.717, 1.165) is 22.3 Å². The number of ether oxygens (including phenoxy) is 1. The number of carbonyl (C=O) groups is 1. The highest BCUT2D eigenvalue weighted by molar-refractivity contribution is 9.10. The zero-order valence-corrected chi connectivity index (χ0v) is 14.0. The Morgan fingerprint density at radius 2 is 2.24 bits per heavy atom. The van der Waals surface area contributed by atoms with Gasteiger partial charge in [-0.3, -0.25) is 4.68 Å². The number of halogens is 2. The maximum Gasteiger partial charge on any atom is 0.338 e. The fourth-order valence-corrected chi connectivity index (χ4v) is 2.76. The smallest absolute Gasteiger partial charge is 0.338 e. The Kier molecular flexibility index (Phi) is 4.90. The number of hydrogen-bond acceptors (Lipinski definition) is 4. The summed E-state index contributed by atoms with van der Waals surface area (Å²) < 4.78 is 7.87. The third kappa shape index (κ3) is 3.39. The third-order valence-electron chi connectivity index (χ3n) is 3.08. The van der Waals surface area contributed by atoms with Gasteiger partial charge in [0.25, 0.3) is 0 Å². The molecular weight excluding hydrogens is 358 g/mol. The van der Waals surface area contributed by atoms with Crippen molar-refractivity contribution in [2.45, 2.75) is 20.0 Å². The second kappa shape index (κ2) is 6.49. The summed E-state index contributed by atoms with van der Waals surface area (Å²) in [6.45, 7) is 2.14. The van der Waals surface area contributed by atoms with Crippen LogP contribution in [-0.2, 0) is 24.8 Å². The molecule has 0 bridgehead atoms. The average molecular weight is 373 g/mol. The molecular formula is C14H15BrClN3O2. The van der Waals surface area contributed by atoms with Gasteiger partial charge in [-0.05, 0) is 40.5 Å². The zero-order chi connectivity index (χ0) is 15.6. The van der Waals surface area contributed by atoms with Crippen LogP contribution in [0.1, 0.15) is 28.7 Å². The Morgan fingerprint density at radius 1 is 1.52 bits per heavy atom. The van der Waals surface area contributed by atoms with Crippen LogP contribution in [0, 0.1) is 0 Å². The molecule has 21 heavy (non-hydrogen) atoms. The van der Waals surface area contributed by atoms with Crippen molar-refractivity contribution in [3.8, 4) is 0 Å². The van der Waals surface area contributed by atoms with Crippen LogP contribution in [0.4, 0.5) is 5.69 Å². The number of anilines is 1. The van der Waals surface area contributed by atoms with Gasteiger partial charge in [-0.1, -0.05) is 18.5 Å². The number of hydrogen-bond donors (Lipinski definition) is 1. The van der Waals surface area contributed by atoms with E-state index in [-0.39, 0.29) is 6.61 Å². The van der Waals surface area contributed by atoms with Gasteiger partial charge in [-0.2, -0.15) is 5.10 Å². The van der Waals surface area contributed by atoms with Gasteiger partial charge in [0.15, 0.2) is 0 Å². The van der Waals surface area contributed by atoms with Crippen LogP contribution in [0.2, 0.25) is 5.02 Å². The molecule has 0 aliphatic heterocycles. The molecule has 1 heterocycles. The second-order valence-corrected chi connectivity index (χ2v) is 5.70. The van der Waals surface area contributed by atoms with Gasteiger partial charge in [0.1, 0.15) is 6.61 Å². The predicted octanol–water partition coefficient (Wildman–Crippen LogP) is 3.34. The second-order valence-electron chi connectivity index (χ2n) is 4.50. The number of rotatable bonds is 4. The molecule has 2 aromatic rings. The number of aryl methyl sites for hydroxylation is 2. The van der Waals surface area contributed by atoms with Crippen molar-refractivity contribution in [3.05, 3.63) is 44.6 Å². The molecule has 1 aromatic carbocycles. The summed E-state index contributed by atoms with van der Waals surface area (Å²) in [6.07, 6.45) is 0.802. The van der Waals surface area contributed by atoms with Crippen molar-refractivity contribution in [2.75, 3.05) is 5.73 Å². The van der Waals surface area contributed by atoms with Crippen LogP contribution in [0.5, 0.6) is 0 Å². The lowest BCUT2D eigenvalue weighted by Gasteiger charge is -2.07. The average Bonchev–Trinajstić information content (AvgIpc) is 2.73. The fourth-order valence-electron chi connectivity index (χ4n) is 1.85. The minimum absolute atomic E-state index is 0.130. The molecule has 1 aromatic heterocycles. The van der Waals surface area contributed by atoms with Gasteiger partial charge in [0.05, 0.1) is 32.1 Å². The number of nitrogen functional groups attached to an aromatic ring is 1. The normalized spacial score (nSPS) is 10.7. The molecule has 0 saturated carbocycles. The molecule has 2 rings (SSSR count). The monoisotopic (exact) mass is 371 g/mol. The number of nitrogens with two attached hydrogens (primary N) is 1. The summed E-state index contributed by atoms with van der Waals surface area (Å²) in [5.41, 5.74) is 8.14. The van der Waals surface area contributed by atoms with Crippen LogP contribution in [0.25, 0.3) is 0 Å². The molecule has 0 aliphatic rings. The van der Waals surface area contributed by atoms with E-state index in [1.807, 2.05) is 14.0 Å². The SMILES string of the molecule is CCc1nn(C)c(COC(=O)c2ccc(N)c(Cl)c2)c1Br. The topological polar surface area (TPSA) is 70.1 Å². The van der Waals surface area contributed by atoms with Crippen LogP contribution >= 0.6 is 27.5 Å². The highest BCUT2D eigenvalue weighted by Gasteiger charge is 2.15. The van der Waals surface area contributed by atoms with Crippen LogP contribution in [0.15, 0.2) is 22.7 Å². The molecule has 0 amide bonds. The van der Waals surface area contributed by atoms with E-state index in [9.17, 15) is 4.79 Å². The molecule has 112 valence electrons. The van der Waals surface area contributed by atoms with E-state index in [0.29, 0.717) is 16.3 Å². The van der Waals surface area contributed by atoms with E-state index in [4.69, 9.17) is 22.1 Å². The minimum Gasteiger partial charge on any atom is -0.456 e. The van der Waals surface area contributed by atoms with E-state index < -0.39 is 5.97 Å². The van der Waals surface area contributed by atoms with Crippen molar-refractivity contribution in [2.24, 2.45) is 7.05 Å². The first-order valence-corrected chi connectivity index (χ1v) is 7.53. The Morgan fingerprint density at radius 3 is 2.81 bits per heavy atom. The summed E-state index contributed by atoms with van der Waals surface area (Å²) in [4.78, 5) is 12.0. The molecule has 7 heteroatoms. The standard InChI is InChI=1S/C14H15BrClN3O2/c1-3-11-13(15)12(19(2)18-11)7-21-14(20)8-4-5-10(17)9(16)6-8/h4-6H,3,7,17H2,1-2H3. The van der Waals surface area contributed by atoms with Gasteiger partial charge in [-0.15, -0.1) is 0 Å². The van der Waals surface area contributed by atoms with E-state index in [1.54, 1.807) is 16.8 Å². The predicted molar refractivity (Wildman–Crippen MR) is 85.3 cm³/mol. The van der Waals surface area contributed by atoms with Crippen molar-refractivity contribution in [3.63, 3.8) is 0 Å². The van der Waals surface area contributed by atoms with Crippen molar-refractivity contribution in [1.29, 1.82) is 0 Å². The Balaban J connectivity index is 2.11. The highest BCUT2D eigenvalue weighted by Crippen LogP contribution is 2.23. The first-order chi connectivity index (χ1) is 9.93. The number of aromatic nitrogens is 2. The number of benzene rings is 1. The van der Waals surface area contributed by atoms with Crippen LogP contribution in [-0.4, -0.2) is 15.7 Å². The molecule has 0 spiro atoms. The summed E-state index contributed by atoms with van der Waals surface area (Å²) in [5.74, 6) is -0.456. The molecule has 0 aliphatic carbocycles. The van der Waals surface area contributed by atoms with E-state index in [2.05, 4.69) is 21.0 Å². The Hall–Kier alpha value is -1.53. The first kappa shape index (κ1) is 15.9. The van der Waals surface area contributed by atoms with Gasteiger partial charge in [-0.25, -0.2) is 4.79 Å². The minimum atomic E-state index is -0.456. The molecule has 2 N–H and O–H groups in total. The van der Waals surface area contributed by atoms with Crippen LogP contribution in [0.3, 0.4) is 0 Å². The molecule has 0 saturated heterocycles. The largest absolute Gasteiger partial charge is 0.456 e. The molecule has 0 unspecified atom stereocenters. The van der Waals surface area contributed by atoms with Crippen molar-refractivity contribution < 1.29 is 9.53 Å². The van der Waals surface area contributed by atoms with Gasteiger partial charge in [0, 0.05) is 7.05 Å². The maximum atomic E-state index is 12.0. The summed E-state index contributed by atoms with van der Waals surface area (Å²) in [6, 6.07) is 4.66. The van der Waals surface area contributed by atoms with Crippen LogP contribution < -0.4 is 5.73 Å². The Labute approximate surface area is 136 Å². The van der Waals surface area contributed by atoms with E-state index in [1.165, 1.54) is 6.07 Å². The van der Waals surface area contributed by atoms with Gasteiger partial charge in [0.2, 0.25) is 0 Å². The lowest BCUT2D eigenvalue weighted by atomic mass is 10.2. The highest BCUT2D eigenvalue weighted by atomic mass is 79.9. The maximum absolute atomic E-state index is 12.0. The molecule has 0 atom stereocenters. The number of esters is 1. The lowest BCUT2D eigenvalue weighted by Crippen LogP contribution is -2.08. The quantitative estimate of drug-likeness (QED) is 0.660. The summed E-state index contributed by atoms with van der Waals surface area (Å²) in [7, 11) is 1.81. The summed E-state index contributed by atoms with van der Waals surface area (Å²) >= 11 is 9.37. The summed E-state index contributed by atoms with van der Waals surface area (Å²) in [5, 5.41) is 4.68. The molecule has 0 radical (unpaired) electrons. The lowest BCUT2D eigenvalue weighted by molar-refractivity contribution is 0.0462. The number of carbonyl (C=O) groups excluding carboxylic acids is 1. The molecule has 0 fully saturated rings. The molecule has 5 nitrogen and oxygen atoms in total. The van der Waals surface area contributed by atoms with E-state index >= 15 is 0 Å². The van der Waals surface area contributed by atoms with Crippen molar-refractivity contribution >= 4 is 39.2 Å². The zero-order valence-electron chi connectivity index (χ0n) is 11.7. The van der Waals surface area contributed by atoms with Gasteiger partial charge < -0.3 is 10.5 Å². The first-order valence-electron chi connectivity index (χ1n) is 6.36. The third-order valence-corrected chi connectivity index (χ3v) is 4.32.